The lowest BCUT2D eigenvalue weighted by Gasteiger charge is -2.20. The lowest BCUT2D eigenvalue weighted by atomic mass is 10.1. The van der Waals surface area contributed by atoms with Crippen LogP contribution in [-0.4, -0.2) is 23.9 Å². The first kappa shape index (κ1) is 14.2. The average molecular weight is 244 g/mol. The zero-order valence-electron chi connectivity index (χ0n) is 11.1. The molecule has 1 aromatic rings. The Kier molecular flexibility index (Phi) is 5.93. The number of nitriles is 1. The van der Waals surface area contributed by atoms with Crippen molar-refractivity contribution in [2.45, 2.75) is 33.1 Å². The van der Waals surface area contributed by atoms with E-state index in [0.717, 1.165) is 31.5 Å². The highest BCUT2D eigenvalue weighted by atomic mass is 16.2. The topological polar surface area (TPSA) is 44.1 Å². The van der Waals surface area contributed by atoms with Crippen molar-refractivity contribution in [3.63, 3.8) is 0 Å². The van der Waals surface area contributed by atoms with Crippen LogP contribution >= 0.6 is 0 Å². The van der Waals surface area contributed by atoms with Crippen molar-refractivity contribution < 1.29 is 4.79 Å². The van der Waals surface area contributed by atoms with Crippen molar-refractivity contribution in [3.05, 3.63) is 35.4 Å². The van der Waals surface area contributed by atoms with Crippen LogP contribution in [0, 0.1) is 11.3 Å². The fourth-order valence-electron chi connectivity index (χ4n) is 1.79. The summed E-state index contributed by atoms with van der Waals surface area (Å²) in [5.41, 5.74) is 1.60. The highest BCUT2D eigenvalue weighted by molar-refractivity contribution is 5.78. The van der Waals surface area contributed by atoms with Gasteiger partial charge in [0.05, 0.1) is 18.1 Å². The molecule has 1 aromatic carbocycles. The van der Waals surface area contributed by atoms with Gasteiger partial charge in [-0.05, 0) is 31.0 Å². The van der Waals surface area contributed by atoms with E-state index in [1.807, 2.05) is 24.0 Å². The minimum Gasteiger partial charge on any atom is -0.343 e. The first-order valence-electron chi connectivity index (χ1n) is 6.48. The monoisotopic (exact) mass is 244 g/mol. The Hall–Kier alpha value is -1.82. The van der Waals surface area contributed by atoms with Crippen LogP contribution < -0.4 is 0 Å². The van der Waals surface area contributed by atoms with Crippen LogP contribution in [0.5, 0.6) is 0 Å². The molecule has 0 unspecified atom stereocenters. The van der Waals surface area contributed by atoms with Crippen LogP contribution in [0.4, 0.5) is 0 Å². The lowest BCUT2D eigenvalue weighted by Crippen LogP contribution is -2.32. The summed E-state index contributed by atoms with van der Waals surface area (Å²) in [6, 6.07) is 9.29. The number of nitrogens with zero attached hydrogens (tertiary/aromatic N) is 2. The summed E-state index contributed by atoms with van der Waals surface area (Å²) < 4.78 is 0. The van der Waals surface area contributed by atoms with Gasteiger partial charge in [0.2, 0.25) is 5.91 Å². The molecule has 96 valence electrons. The van der Waals surface area contributed by atoms with Gasteiger partial charge in [-0.1, -0.05) is 25.5 Å². The van der Waals surface area contributed by atoms with E-state index in [-0.39, 0.29) is 5.91 Å². The van der Waals surface area contributed by atoms with Crippen LogP contribution in [0.2, 0.25) is 0 Å². The highest BCUT2D eigenvalue weighted by Gasteiger charge is 2.11. The van der Waals surface area contributed by atoms with Gasteiger partial charge in [-0.3, -0.25) is 4.79 Å². The van der Waals surface area contributed by atoms with Crippen molar-refractivity contribution in [2.24, 2.45) is 0 Å². The van der Waals surface area contributed by atoms with Crippen molar-refractivity contribution in [2.75, 3.05) is 13.1 Å². The Labute approximate surface area is 109 Å². The summed E-state index contributed by atoms with van der Waals surface area (Å²) in [6.45, 7) is 5.72. The number of carbonyl (C=O) groups is 1. The Morgan fingerprint density at radius 2 is 1.94 bits per heavy atom. The van der Waals surface area contributed by atoms with Crippen molar-refractivity contribution in [3.8, 4) is 6.07 Å². The molecule has 0 aliphatic heterocycles. The molecule has 0 aliphatic rings. The highest BCUT2D eigenvalue weighted by Crippen LogP contribution is 2.07. The van der Waals surface area contributed by atoms with Crippen molar-refractivity contribution >= 4 is 5.91 Å². The van der Waals surface area contributed by atoms with E-state index in [1.165, 1.54) is 0 Å². The first-order chi connectivity index (χ1) is 8.71. The molecular formula is C15H20N2O. The minimum atomic E-state index is 0.163. The van der Waals surface area contributed by atoms with E-state index < -0.39 is 0 Å². The van der Waals surface area contributed by atoms with E-state index >= 15 is 0 Å². The molecule has 3 heteroatoms. The third kappa shape index (κ3) is 4.21. The smallest absolute Gasteiger partial charge is 0.226 e. The third-order valence-electron chi connectivity index (χ3n) is 2.95. The molecule has 3 nitrogen and oxygen atoms in total. The summed E-state index contributed by atoms with van der Waals surface area (Å²) in [4.78, 5) is 14.0. The minimum absolute atomic E-state index is 0.163. The Morgan fingerprint density at radius 1 is 1.28 bits per heavy atom. The van der Waals surface area contributed by atoms with Crippen LogP contribution in [0.15, 0.2) is 24.3 Å². The third-order valence-corrected chi connectivity index (χ3v) is 2.95. The second kappa shape index (κ2) is 7.50. The molecule has 1 amide bonds. The normalized spacial score (nSPS) is 9.83. The molecule has 0 aliphatic carbocycles. The largest absolute Gasteiger partial charge is 0.343 e. The van der Waals surface area contributed by atoms with Gasteiger partial charge in [0.1, 0.15) is 0 Å². The summed E-state index contributed by atoms with van der Waals surface area (Å²) in [7, 11) is 0. The van der Waals surface area contributed by atoms with E-state index in [0.29, 0.717) is 12.0 Å². The molecule has 0 heterocycles. The fourth-order valence-corrected chi connectivity index (χ4v) is 1.79. The van der Waals surface area contributed by atoms with Gasteiger partial charge in [0.25, 0.3) is 0 Å². The van der Waals surface area contributed by atoms with Gasteiger partial charge in [-0.25, -0.2) is 0 Å². The van der Waals surface area contributed by atoms with Gasteiger partial charge in [0.15, 0.2) is 0 Å². The Bertz CT molecular complexity index is 417. The van der Waals surface area contributed by atoms with Gasteiger partial charge in [0, 0.05) is 13.1 Å². The van der Waals surface area contributed by atoms with Gasteiger partial charge < -0.3 is 4.90 Å². The molecule has 0 aromatic heterocycles. The van der Waals surface area contributed by atoms with Crippen LogP contribution in [0.1, 0.15) is 37.8 Å². The van der Waals surface area contributed by atoms with E-state index in [2.05, 4.69) is 13.0 Å². The molecule has 0 radical (unpaired) electrons. The first-order valence-corrected chi connectivity index (χ1v) is 6.48. The Morgan fingerprint density at radius 3 is 2.44 bits per heavy atom. The van der Waals surface area contributed by atoms with Crippen LogP contribution in [-0.2, 0) is 11.2 Å². The second-order valence-electron chi connectivity index (χ2n) is 4.31. The SMILES string of the molecule is CCCCN(CC)C(=O)Cc1ccc(C#N)cc1. The number of likely N-dealkylation sites (N-methyl/N-ethyl adjacent to an activating group) is 1. The van der Waals surface area contributed by atoms with Crippen molar-refractivity contribution in [1.82, 2.24) is 4.90 Å². The standard InChI is InChI=1S/C15H20N2O/c1-3-5-10-17(4-2)15(18)11-13-6-8-14(12-16)9-7-13/h6-9H,3-5,10-11H2,1-2H3. The summed E-state index contributed by atoms with van der Waals surface area (Å²) in [6.07, 6.45) is 2.57. The number of hydrogen-bond donors (Lipinski definition) is 0. The number of amides is 1. The van der Waals surface area contributed by atoms with E-state index in [9.17, 15) is 4.79 Å². The number of benzene rings is 1. The molecular weight excluding hydrogens is 224 g/mol. The maximum Gasteiger partial charge on any atom is 0.226 e. The average Bonchev–Trinajstić information content (AvgIpc) is 2.40. The zero-order chi connectivity index (χ0) is 13.4. The summed E-state index contributed by atoms with van der Waals surface area (Å²) >= 11 is 0. The molecule has 0 saturated heterocycles. The molecule has 0 N–H and O–H groups in total. The lowest BCUT2D eigenvalue weighted by molar-refractivity contribution is -0.130. The van der Waals surface area contributed by atoms with Gasteiger partial charge in [-0.15, -0.1) is 0 Å². The molecule has 0 atom stereocenters. The van der Waals surface area contributed by atoms with Gasteiger partial charge >= 0.3 is 0 Å². The maximum atomic E-state index is 12.1. The van der Waals surface area contributed by atoms with Crippen LogP contribution in [0.25, 0.3) is 0 Å². The number of hydrogen-bond acceptors (Lipinski definition) is 2. The molecule has 0 fully saturated rings. The summed E-state index contributed by atoms with van der Waals surface area (Å²) in [5, 5.41) is 8.71. The Balaban J connectivity index is 2.59. The number of rotatable bonds is 6. The molecule has 0 spiro atoms. The summed E-state index contributed by atoms with van der Waals surface area (Å²) in [5.74, 6) is 0.163. The second-order valence-corrected chi connectivity index (χ2v) is 4.31. The van der Waals surface area contributed by atoms with Crippen molar-refractivity contribution in [1.29, 1.82) is 5.26 Å². The molecule has 1 rings (SSSR count). The number of unbranched alkanes of at least 4 members (excludes halogenated alkanes) is 1. The zero-order valence-corrected chi connectivity index (χ0v) is 11.1. The van der Waals surface area contributed by atoms with E-state index in [4.69, 9.17) is 5.26 Å². The van der Waals surface area contributed by atoms with Gasteiger partial charge in [-0.2, -0.15) is 5.26 Å². The quantitative estimate of drug-likeness (QED) is 0.772. The molecule has 18 heavy (non-hydrogen) atoms. The van der Waals surface area contributed by atoms with E-state index in [1.54, 1.807) is 12.1 Å². The maximum absolute atomic E-state index is 12.1. The predicted octanol–water partition coefficient (Wildman–Crippen LogP) is 2.75. The molecule has 0 saturated carbocycles. The predicted molar refractivity (Wildman–Crippen MR) is 72.0 cm³/mol. The number of carbonyl (C=O) groups excluding carboxylic acids is 1. The fraction of sp³-hybridized carbons (Fsp3) is 0.467. The van der Waals surface area contributed by atoms with Crippen LogP contribution in [0.3, 0.4) is 0 Å². The molecule has 0 bridgehead atoms.